The molecule has 0 saturated carbocycles. The maximum absolute atomic E-state index is 13.6. The summed E-state index contributed by atoms with van der Waals surface area (Å²) in [6, 6.07) is 22.8. The van der Waals surface area contributed by atoms with Crippen molar-refractivity contribution in [2.24, 2.45) is 4.40 Å². The number of fused-ring (bicyclic) bond motifs is 5. The van der Waals surface area contributed by atoms with Gasteiger partial charge in [0.2, 0.25) is 0 Å². The number of aromatic nitrogens is 1. The smallest absolute Gasteiger partial charge is 0.297 e. The van der Waals surface area contributed by atoms with Gasteiger partial charge in [-0.3, -0.25) is 14.7 Å². The van der Waals surface area contributed by atoms with E-state index in [4.69, 9.17) is 4.18 Å². The van der Waals surface area contributed by atoms with Crippen molar-refractivity contribution in [2.45, 2.75) is 12.1 Å². The first-order valence-electron chi connectivity index (χ1n) is 11.2. The number of isocyanates is 1. The number of hydrogen-bond donors (Lipinski definition) is 0. The number of hydrogen-bond acceptors (Lipinski definition) is 6. The lowest BCUT2D eigenvalue weighted by atomic mass is 9.90. The molecule has 1 aliphatic heterocycles. The van der Waals surface area contributed by atoms with Crippen molar-refractivity contribution < 1.29 is 26.6 Å². The van der Waals surface area contributed by atoms with Gasteiger partial charge in [0.25, 0.3) is 12.0 Å². The Morgan fingerprint density at radius 1 is 0.892 bits per heavy atom. The molecule has 2 heterocycles. The van der Waals surface area contributed by atoms with Crippen LogP contribution in [0.2, 0.25) is 0 Å². The second kappa shape index (κ2) is 8.56. The molecule has 8 nitrogen and oxygen atoms in total. The van der Waals surface area contributed by atoms with Crippen molar-refractivity contribution in [2.75, 3.05) is 4.90 Å². The Balaban J connectivity index is 1.59. The number of anilines is 1. The Labute approximate surface area is 209 Å². The van der Waals surface area contributed by atoms with Gasteiger partial charge in [-0.15, -0.1) is 0 Å². The predicted molar refractivity (Wildman–Crippen MR) is 135 cm³/mol. The number of benzene rings is 4. The van der Waals surface area contributed by atoms with E-state index in [1.54, 1.807) is 0 Å². The highest BCUT2D eigenvalue weighted by atomic mass is 32.2. The standard InChI is InChI=1S/C27H16FN3O5S/c28-17-10-12-23(29-14-17)25-26(36-37(34,35)30-15-32)27(33)31(25)24-13-22-18-6-2-1-5-16(18)9-11-20(22)19-7-3-4-8-21(19)24/h1-14,25-26H/t25-,26-/m0/s1. The van der Waals surface area contributed by atoms with Crippen LogP contribution in [0.15, 0.2) is 89.5 Å². The van der Waals surface area contributed by atoms with Crippen molar-refractivity contribution in [1.82, 2.24) is 4.98 Å². The highest BCUT2D eigenvalue weighted by molar-refractivity contribution is 7.85. The average Bonchev–Trinajstić information content (AvgIpc) is 2.90. The van der Waals surface area contributed by atoms with Gasteiger partial charge < -0.3 is 0 Å². The van der Waals surface area contributed by atoms with Gasteiger partial charge in [0.1, 0.15) is 11.9 Å². The average molecular weight is 514 g/mol. The molecule has 1 aliphatic rings. The molecule has 0 radical (unpaired) electrons. The molecule has 2 atom stereocenters. The van der Waals surface area contributed by atoms with E-state index >= 15 is 0 Å². The zero-order chi connectivity index (χ0) is 25.7. The molecular formula is C27H16FN3O5S. The molecule has 0 unspecified atom stereocenters. The third kappa shape index (κ3) is 3.75. The zero-order valence-electron chi connectivity index (χ0n) is 18.9. The van der Waals surface area contributed by atoms with Gasteiger partial charge >= 0.3 is 10.3 Å². The minimum atomic E-state index is -4.73. The molecule has 0 N–H and O–H groups in total. The lowest BCUT2D eigenvalue weighted by molar-refractivity contribution is -0.134. The maximum atomic E-state index is 13.6. The molecule has 1 saturated heterocycles. The fourth-order valence-electron chi connectivity index (χ4n) is 4.91. The minimum Gasteiger partial charge on any atom is -0.297 e. The lowest BCUT2D eigenvalue weighted by Gasteiger charge is -2.45. The van der Waals surface area contributed by atoms with E-state index in [0.29, 0.717) is 5.69 Å². The van der Waals surface area contributed by atoms with Crippen molar-refractivity contribution in [1.29, 1.82) is 0 Å². The van der Waals surface area contributed by atoms with Gasteiger partial charge in [-0.2, -0.15) is 8.42 Å². The van der Waals surface area contributed by atoms with Crippen molar-refractivity contribution >= 4 is 60.3 Å². The SMILES string of the molecule is O=C=NS(=O)(=O)O[C@@H]1C(=O)N(c2cc3c4ccccc4ccc3c3ccccc23)[C@H]1c1ccc(F)cn1. The Kier molecular flexibility index (Phi) is 5.31. The Hall–Kier alpha value is -4.50. The molecular weight excluding hydrogens is 497 g/mol. The van der Waals surface area contributed by atoms with Crippen LogP contribution in [0.5, 0.6) is 0 Å². The topological polar surface area (TPSA) is 106 Å². The van der Waals surface area contributed by atoms with Gasteiger partial charge in [0.05, 0.1) is 17.6 Å². The van der Waals surface area contributed by atoms with E-state index in [9.17, 15) is 22.4 Å². The van der Waals surface area contributed by atoms with E-state index in [-0.39, 0.29) is 5.69 Å². The van der Waals surface area contributed by atoms with Crippen LogP contribution in [0.3, 0.4) is 0 Å². The van der Waals surface area contributed by atoms with Crippen LogP contribution in [-0.4, -0.2) is 31.5 Å². The molecule has 1 amide bonds. The van der Waals surface area contributed by atoms with Crippen LogP contribution in [-0.2, 0) is 24.1 Å². The molecule has 0 aliphatic carbocycles. The molecule has 37 heavy (non-hydrogen) atoms. The summed E-state index contributed by atoms with van der Waals surface area (Å²) >= 11 is 0. The maximum Gasteiger partial charge on any atom is 0.392 e. The number of halogens is 1. The summed E-state index contributed by atoms with van der Waals surface area (Å²) in [4.78, 5) is 29.4. The number of carbonyl (C=O) groups is 1. The Bertz CT molecular complexity index is 1890. The number of amides is 1. The number of pyridine rings is 1. The highest BCUT2D eigenvalue weighted by Crippen LogP contribution is 2.46. The number of β-lactam (4-membered cyclic amide) rings is 1. The summed E-state index contributed by atoms with van der Waals surface area (Å²) in [7, 11) is -4.73. The van der Waals surface area contributed by atoms with Crippen LogP contribution in [0.25, 0.3) is 32.3 Å². The second-order valence-electron chi connectivity index (χ2n) is 8.50. The van der Waals surface area contributed by atoms with Gasteiger partial charge in [0, 0.05) is 5.39 Å². The fraction of sp³-hybridized carbons (Fsp3) is 0.0741. The Morgan fingerprint density at radius 2 is 1.59 bits per heavy atom. The summed E-state index contributed by atoms with van der Waals surface area (Å²) in [6.45, 7) is 0. The number of nitrogens with zero attached hydrogens (tertiary/aromatic N) is 3. The quantitative estimate of drug-likeness (QED) is 0.146. The molecule has 0 spiro atoms. The fourth-order valence-corrected chi connectivity index (χ4v) is 5.50. The summed E-state index contributed by atoms with van der Waals surface area (Å²) < 4.78 is 45.4. The first kappa shape index (κ1) is 22.9. The van der Waals surface area contributed by atoms with Crippen molar-refractivity contribution in [3.63, 3.8) is 0 Å². The molecule has 0 bridgehead atoms. The minimum absolute atomic E-state index is 0.207. The van der Waals surface area contributed by atoms with E-state index < -0.39 is 34.2 Å². The molecule has 1 aromatic heterocycles. The summed E-state index contributed by atoms with van der Waals surface area (Å²) in [5.74, 6) is -1.27. The van der Waals surface area contributed by atoms with E-state index in [2.05, 4.69) is 9.38 Å². The van der Waals surface area contributed by atoms with Crippen molar-refractivity contribution in [3.8, 4) is 0 Å². The van der Waals surface area contributed by atoms with E-state index in [1.807, 2.05) is 66.7 Å². The summed E-state index contributed by atoms with van der Waals surface area (Å²) in [5, 5.41) is 5.51. The first-order valence-corrected chi connectivity index (χ1v) is 12.5. The monoisotopic (exact) mass is 513 g/mol. The molecule has 182 valence electrons. The van der Waals surface area contributed by atoms with Crippen LogP contribution in [0.4, 0.5) is 10.1 Å². The molecule has 1 fully saturated rings. The van der Waals surface area contributed by atoms with Crippen LogP contribution < -0.4 is 4.90 Å². The van der Waals surface area contributed by atoms with Gasteiger partial charge in [-0.25, -0.2) is 13.4 Å². The summed E-state index contributed by atoms with van der Waals surface area (Å²) in [5.41, 5.74) is 0.718. The third-order valence-electron chi connectivity index (χ3n) is 6.48. The predicted octanol–water partition coefficient (Wildman–Crippen LogP) is 4.73. The number of rotatable bonds is 5. The van der Waals surface area contributed by atoms with Crippen LogP contribution in [0, 0.1) is 5.82 Å². The van der Waals surface area contributed by atoms with Crippen molar-refractivity contribution in [3.05, 3.63) is 96.6 Å². The Morgan fingerprint density at radius 3 is 2.32 bits per heavy atom. The highest BCUT2D eigenvalue weighted by Gasteiger charge is 2.53. The first-order chi connectivity index (χ1) is 17.9. The van der Waals surface area contributed by atoms with Gasteiger partial charge in [-0.1, -0.05) is 65.1 Å². The molecule has 10 heteroatoms. The van der Waals surface area contributed by atoms with Gasteiger partial charge in [-0.05, 0) is 45.1 Å². The van der Waals surface area contributed by atoms with Crippen LogP contribution in [0.1, 0.15) is 11.7 Å². The summed E-state index contributed by atoms with van der Waals surface area (Å²) in [6.07, 6.45) is 0.331. The molecule has 5 aromatic rings. The third-order valence-corrected chi connectivity index (χ3v) is 7.23. The number of carbonyl (C=O) groups excluding carboxylic acids is 2. The molecule has 6 rings (SSSR count). The van der Waals surface area contributed by atoms with Gasteiger partial charge in [0.15, 0.2) is 6.10 Å². The lowest BCUT2D eigenvalue weighted by Crippen LogP contribution is -2.61. The second-order valence-corrected chi connectivity index (χ2v) is 9.74. The largest absolute Gasteiger partial charge is 0.392 e. The normalized spacial score (nSPS) is 17.6. The molecule has 4 aromatic carbocycles. The van der Waals surface area contributed by atoms with E-state index in [1.165, 1.54) is 11.0 Å². The van der Waals surface area contributed by atoms with E-state index in [0.717, 1.165) is 50.7 Å². The van der Waals surface area contributed by atoms with Crippen LogP contribution >= 0.6 is 0 Å². The zero-order valence-corrected chi connectivity index (χ0v) is 19.7.